The molecule has 2 atom stereocenters. The summed E-state index contributed by atoms with van der Waals surface area (Å²) in [6.45, 7) is 5.26. The molecule has 2 heterocycles. The van der Waals surface area contributed by atoms with Crippen LogP contribution in [0.1, 0.15) is 30.6 Å². The lowest BCUT2D eigenvalue weighted by atomic mass is 9.91. The maximum Gasteiger partial charge on any atom is 0.349 e. The van der Waals surface area contributed by atoms with Crippen LogP contribution in [0.5, 0.6) is 5.75 Å². The van der Waals surface area contributed by atoms with Gasteiger partial charge in [0.25, 0.3) is 11.6 Å². The molecule has 1 aliphatic heterocycles. The minimum Gasteiger partial charge on any atom is -0.493 e. The first-order valence-electron chi connectivity index (χ1n) is 8.39. The molecule has 8 nitrogen and oxygen atoms in total. The number of likely N-dealkylation sites (tertiary alicyclic amines) is 1. The van der Waals surface area contributed by atoms with E-state index in [1.165, 1.54) is 25.3 Å². The van der Waals surface area contributed by atoms with Crippen molar-refractivity contribution >= 4 is 22.6 Å². The van der Waals surface area contributed by atoms with Gasteiger partial charge in [-0.15, -0.1) is 0 Å². The Morgan fingerprint density at radius 2 is 1.92 bits per heavy atom. The summed E-state index contributed by atoms with van der Waals surface area (Å²) >= 11 is 0. The second-order valence-electron chi connectivity index (χ2n) is 6.93. The number of benzene rings is 1. The Morgan fingerprint density at radius 1 is 1.27 bits per heavy atom. The molecule has 26 heavy (non-hydrogen) atoms. The summed E-state index contributed by atoms with van der Waals surface area (Å²) in [5.74, 6) is 0.350. The normalized spacial score (nSPS) is 20.2. The highest BCUT2D eigenvalue weighted by molar-refractivity contribution is 5.98. The molecule has 1 aromatic heterocycles. The molecule has 0 unspecified atom stereocenters. The SMILES string of the molecule is COc1cc([N+](=O)[O-])cc2cc(C(=O)N3C[C@H](C)C[C@H](C)C3)c(=O)oc12. The number of amides is 1. The highest BCUT2D eigenvalue weighted by atomic mass is 16.6. The fourth-order valence-electron chi connectivity index (χ4n) is 3.59. The van der Waals surface area contributed by atoms with Gasteiger partial charge in [-0.3, -0.25) is 14.9 Å². The van der Waals surface area contributed by atoms with Crippen LogP contribution >= 0.6 is 0 Å². The molecular formula is C18H20N2O6. The number of nitrogens with zero attached hydrogens (tertiary/aromatic N) is 2. The molecule has 0 aliphatic carbocycles. The largest absolute Gasteiger partial charge is 0.493 e. The predicted octanol–water partition coefficient (Wildman–Crippen LogP) is 2.83. The summed E-state index contributed by atoms with van der Waals surface area (Å²) in [7, 11) is 1.33. The lowest BCUT2D eigenvalue weighted by molar-refractivity contribution is -0.384. The van der Waals surface area contributed by atoms with Gasteiger partial charge in [-0.05, 0) is 24.3 Å². The van der Waals surface area contributed by atoms with Crippen molar-refractivity contribution in [1.82, 2.24) is 4.90 Å². The van der Waals surface area contributed by atoms with E-state index < -0.39 is 16.5 Å². The first-order chi connectivity index (χ1) is 12.3. The van der Waals surface area contributed by atoms with Crippen LogP contribution in [0.2, 0.25) is 0 Å². The Balaban J connectivity index is 2.09. The van der Waals surface area contributed by atoms with Gasteiger partial charge < -0.3 is 14.1 Å². The van der Waals surface area contributed by atoms with Crippen LogP contribution in [-0.2, 0) is 0 Å². The van der Waals surface area contributed by atoms with Crippen molar-refractivity contribution in [2.24, 2.45) is 11.8 Å². The number of fused-ring (bicyclic) bond motifs is 1. The van der Waals surface area contributed by atoms with E-state index in [1.54, 1.807) is 4.90 Å². The summed E-state index contributed by atoms with van der Waals surface area (Å²) in [4.78, 5) is 37.4. The molecule has 3 rings (SSSR count). The Labute approximate surface area is 149 Å². The quantitative estimate of drug-likeness (QED) is 0.474. The van der Waals surface area contributed by atoms with Crippen molar-refractivity contribution in [3.8, 4) is 5.75 Å². The second-order valence-corrected chi connectivity index (χ2v) is 6.93. The third-order valence-corrected chi connectivity index (χ3v) is 4.60. The molecule has 138 valence electrons. The molecule has 0 radical (unpaired) electrons. The smallest absolute Gasteiger partial charge is 0.349 e. The van der Waals surface area contributed by atoms with E-state index in [4.69, 9.17) is 9.15 Å². The summed E-state index contributed by atoms with van der Waals surface area (Å²) in [5.41, 5.74) is -1.02. The molecule has 0 N–H and O–H groups in total. The average molecular weight is 360 g/mol. The van der Waals surface area contributed by atoms with E-state index in [0.29, 0.717) is 24.9 Å². The van der Waals surface area contributed by atoms with Gasteiger partial charge in [0.15, 0.2) is 11.3 Å². The summed E-state index contributed by atoms with van der Waals surface area (Å²) in [6.07, 6.45) is 1.03. The number of carbonyl (C=O) groups excluding carboxylic acids is 1. The number of nitro groups is 1. The third kappa shape index (κ3) is 3.26. The molecule has 8 heteroatoms. The van der Waals surface area contributed by atoms with Crippen molar-refractivity contribution < 1.29 is 18.9 Å². The zero-order valence-corrected chi connectivity index (χ0v) is 14.9. The number of non-ortho nitro benzene ring substituents is 1. The van der Waals surface area contributed by atoms with Crippen molar-refractivity contribution in [3.63, 3.8) is 0 Å². The molecule has 0 spiro atoms. The molecular weight excluding hydrogens is 340 g/mol. The van der Waals surface area contributed by atoms with E-state index in [-0.39, 0.29) is 28.0 Å². The molecule has 1 amide bonds. The molecule has 1 saturated heterocycles. The van der Waals surface area contributed by atoms with Crippen LogP contribution in [0.15, 0.2) is 27.4 Å². The maximum absolute atomic E-state index is 12.8. The first-order valence-corrected chi connectivity index (χ1v) is 8.39. The third-order valence-electron chi connectivity index (χ3n) is 4.60. The van der Waals surface area contributed by atoms with Crippen molar-refractivity contribution in [2.45, 2.75) is 20.3 Å². The van der Waals surface area contributed by atoms with Gasteiger partial charge in [-0.2, -0.15) is 0 Å². The lowest BCUT2D eigenvalue weighted by Crippen LogP contribution is -2.43. The second kappa shape index (κ2) is 6.78. The highest BCUT2D eigenvalue weighted by Gasteiger charge is 2.28. The van der Waals surface area contributed by atoms with Crippen LogP contribution < -0.4 is 10.4 Å². The van der Waals surface area contributed by atoms with E-state index >= 15 is 0 Å². The van der Waals surface area contributed by atoms with E-state index in [9.17, 15) is 19.7 Å². The van der Waals surface area contributed by atoms with Gasteiger partial charge in [0.1, 0.15) is 5.56 Å². The van der Waals surface area contributed by atoms with Crippen LogP contribution in [0.25, 0.3) is 11.0 Å². The van der Waals surface area contributed by atoms with Gasteiger partial charge >= 0.3 is 5.63 Å². The minimum absolute atomic E-state index is 0.0746. The van der Waals surface area contributed by atoms with Gasteiger partial charge in [-0.1, -0.05) is 13.8 Å². The van der Waals surface area contributed by atoms with E-state index in [2.05, 4.69) is 13.8 Å². The monoisotopic (exact) mass is 360 g/mol. The van der Waals surface area contributed by atoms with Gasteiger partial charge in [0, 0.05) is 24.5 Å². The highest BCUT2D eigenvalue weighted by Crippen LogP contribution is 2.31. The Bertz CT molecular complexity index is 925. The number of ether oxygens (including phenoxy) is 1. The number of rotatable bonds is 3. The Hall–Kier alpha value is -2.90. The zero-order valence-electron chi connectivity index (χ0n) is 14.9. The molecule has 0 saturated carbocycles. The fourth-order valence-corrected chi connectivity index (χ4v) is 3.59. The standard InChI is InChI=1S/C18H20N2O6/c1-10-4-11(2)9-19(8-10)17(21)14-6-12-5-13(20(23)24)7-15(25-3)16(12)26-18(14)22/h5-7,10-11H,4,8-9H2,1-3H3/t10-,11+. The average Bonchev–Trinajstić information content (AvgIpc) is 2.58. The van der Waals surface area contributed by atoms with Gasteiger partial charge in [-0.25, -0.2) is 4.79 Å². The number of carbonyl (C=O) groups is 1. The molecule has 1 aromatic carbocycles. The number of piperidine rings is 1. The summed E-state index contributed by atoms with van der Waals surface area (Å²) in [6, 6.07) is 3.79. The molecule has 0 bridgehead atoms. The van der Waals surface area contributed by atoms with E-state index in [1.807, 2.05) is 0 Å². The Kier molecular flexibility index (Phi) is 4.67. The first kappa shape index (κ1) is 17.9. The maximum atomic E-state index is 12.8. The number of hydrogen-bond donors (Lipinski definition) is 0. The van der Waals surface area contributed by atoms with Crippen molar-refractivity contribution in [3.05, 3.63) is 44.3 Å². The summed E-state index contributed by atoms with van der Waals surface area (Å²) in [5, 5.41) is 11.4. The zero-order chi connectivity index (χ0) is 19.0. The van der Waals surface area contributed by atoms with Crippen molar-refractivity contribution in [1.29, 1.82) is 0 Å². The van der Waals surface area contributed by atoms with Crippen LogP contribution in [0.3, 0.4) is 0 Å². The lowest BCUT2D eigenvalue weighted by Gasteiger charge is -2.34. The fraction of sp³-hybridized carbons (Fsp3) is 0.444. The van der Waals surface area contributed by atoms with E-state index in [0.717, 1.165) is 6.42 Å². The van der Waals surface area contributed by atoms with Crippen molar-refractivity contribution in [2.75, 3.05) is 20.2 Å². The molecule has 1 aliphatic rings. The number of nitro benzene ring substituents is 1. The molecule has 2 aromatic rings. The topological polar surface area (TPSA) is 103 Å². The predicted molar refractivity (Wildman–Crippen MR) is 94.5 cm³/mol. The Morgan fingerprint density at radius 3 is 2.50 bits per heavy atom. The van der Waals surface area contributed by atoms with Gasteiger partial charge in [0.2, 0.25) is 0 Å². The summed E-state index contributed by atoms with van der Waals surface area (Å²) < 4.78 is 10.4. The number of methoxy groups -OCH3 is 1. The van der Waals surface area contributed by atoms with Gasteiger partial charge in [0.05, 0.1) is 18.1 Å². The molecule has 1 fully saturated rings. The number of hydrogen-bond acceptors (Lipinski definition) is 6. The van der Waals surface area contributed by atoms with Crippen LogP contribution in [0.4, 0.5) is 5.69 Å². The van der Waals surface area contributed by atoms with Crippen LogP contribution in [0, 0.1) is 22.0 Å². The minimum atomic E-state index is -0.777. The van der Waals surface area contributed by atoms with Crippen LogP contribution in [-0.4, -0.2) is 35.9 Å².